The molecule has 4 rings (SSSR count). The van der Waals surface area contributed by atoms with Gasteiger partial charge in [0.15, 0.2) is 0 Å². The highest BCUT2D eigenvalue weighted by Gasteiger charge is 2.05. The molecular weight excluding hydrogens is 440 g/mol. The number of hydrogen-bond donors (Lipinski definition) is 2. The Hall–Kier alpha value is -5.05. The molecule has 0 spiro atoms. The Morgan fingerprint density at radius 3 is 1.34 bits per heavy atom. The lowest BCUT2D eigenvalue weighted by Gasteiger charge is -2.04. The first-order chi connectivity index (χ1) is 17.1. The van der Waals surface area contributed by atoms with E-state index in [9.17, 15) is 4.79 Å². The fourth-order valence-electron chi connectivity index (χ4n) is 3.02. The quantitative estimate of drug-likeness (QED) is 0.211. The molecule has 1 amide bonds. The average molecular weight is 463 g/mol. The molecule has 0 bridgehead atoms. The number of hydrogen-bond acceptors (Lipinski definition) is 8. The molecule has 0 atom stereocenters. The minimum atomic E-state index is -0.187. The van der Waals surface area contributed by atoms with Crippen LogP contribution >= 0.6 is 0 Å². The van der Waals surface area contributed by atoms with E-state index in [1.165, 1.54) is 6.92 Å². The summed E-state index contributed by atoms with van der Waals surface area (Å²) in [6.07, 6.45) is 0. The summed E-state index contributed by atoms with van der Waals surface area (Å²) < 4.78 is 0. The van der Waals surface area contributed by atoms with E-state index >= 15 is 0 Å². The van der Waals surface area contributed by atoms with E-state index in [-0.39, 0.29) is 5.91 Å². The smallest absolute Gasteiger partial charge is 0.221 e. The van der Waals surface area contributed by atoms with Crippen LogP contribution < -0.4 is 11.1 Å². The van der Waals surface area contributed by atoms with Gasteiger partial charge in [-0.2, -0.15) is 0 Å². The molecule has 4 aromatic carbocycles. The molecule has 0 saturated carbocycles. The molecule has 9 heteroatoms. The molecular formula is C26H22N8O. The number of carbonyl (C=O) groups excluding carboxylic acids is 1. The third-order valence-electron chi connectivity index (χ3n) is 4.71. The molecule has 4 aromatic rings. The molecule has 0 unspecified atom stereocenters. The van der Waals surface area contributed by atoms with Gasteiger partial charge >= 0.3 is 0 Å². The molecule has 0 saturated heterocycles. The van der Waals surface area contributed by atoms with Gasteiger partial charge in [-0.1, -0.05) is 48.5 Å². The summed E-state index contributed by atoms with van der Waals surface area (Å²) in [4.78, 5) is 11.5. The number of azo groups is 3. The maximum atomic E-state index is 11.5. The van der Waals surface area contributed by atoms with Crippen LogP contribution in [0.15, 0.2) is 128 Å². The van der Waals surface area contributed by atoms with Crippen molar-refractivity contribution in [3.8, 4) is 0 Å². The number of rotatable bonds is 7. The Bertz CT molecular complexity index is 1430. The van der Waals surface area contributed by atoms with Crippen LogP contribution in [-0.4, -0.2) is 5.91 Å². The minimum absolute atomic E-state index is 0.187. The average Bonchev–Trinajstić information content (AvgIpc) is 2.87. The molecule has 9 nitrogen and oxygen atoms in total. The zero-order chi connectivity index (χ0) is 24.5. The van der Waals surface area contributed by atoms with E-state index in [1.807, 2.05) is 48.5 Å². The van der Waals surface area contributed by atoms with Crippen LogP contribution in [-0.2, 0) is 4.79 Å². The fourth-order valence-corrected chi connectivity index (χ4v) is 3.02. The second kappa shape index (κ2) is 11.2. The van der Waals surface area contributed by atoms with E-state index in [2.05, 4.69) is 36.0 Å². The second-order valence-corrected chi connectivity index (χ2v) is 7.33. The van der Waals surface area contributed by atoms with Gasteiger partial charge in [0.05, 0.1) is 11.4 Å². The van der Waals surface area contributed by atoms with Crippen molar-refractivity contribution in [2.75, 3.05) is 11.1 Å². The van der Waals surface area contributed by atoms with Crippen molar-refractivity contribution in [2.45, 2.75) is 6.92 Å². The Labute approximate surface area is 202 Å². The standard InChI is InChI=1S/C26H22N8O/c1-18(35)28-21-12-4-5-13-22(21)30-32-25-16-8-9-17-26(25)34-33-24-15-7-6-14-23(24)31-29-20-11-3-2-10-19(20)27/h2-17H,27H2,1H3,(H,28,35). The van der Waals surface area contributed by atoms with Gasteiger partial charge < -0.3 is 11.1 Å². The van der Waals surface area contributed by atoms with E-state index in [1.54, 1.807) is 48.5 Å². The van der Waals surface area contributed by atoms with Gasteiger partial charge in [-0.25, -0.2) is 0 Å². The molecule has 0 aliphatic heterocycles. The van der Waals surface area contributed by atoms with Gasteiger partial charge in [0.1, 0.15) is 34.1 Å². The maximum absolute atomic E-state index is 11.5. The van der Waals surface area contributed by atoms with E-state index in [0.29, 0.717) is 45.5 Å². The SMILES string of the molecule is CC(=O)Nc1ccccc1N=Nc1ccccc1N=Nc1ccccc1N=Nc1ccccc1N. The number of nitrogens with one attached hydrogen (secondary N) is 1. The zero-order valence-corrected chi connectivity index (χ0v) is 18.9. The number of benzene rings is 4. The number of nitrogen functional groups attached to an aromatic ring is 1. The number of nitrogens with zero attached hydrogens (tertiary/aromatic N) is 6. The van der Waals surface area contributed by atoms with Crippen LogP contribution in [0.2, 0.25) is 0 Å². The Kier molecular flexibility index (Phi) is 7.39. The van der Waals surface area contributed by atoms with E-state index in [4.69, 9.17) is 5.73 Å². The monoisotopic (exact) mass is 462 g/mol. The summed E-state index contributed by atoms with van der Waals surface area (Å²) in [5.74, 6) is -0.187. The summed E-state index contributed by atoms with van der Waals surface area (Å²) >= 11 is 0. The molecule has 0 aliphatic carbocycles. The highest BCUT2D eigenvalue weighted by atomic mass is 16.1. The largest absolute Gasteiger partial charge is 0.397 e. The van der Waals surface area contributed by atoms with Crippen molar-refractivity contribution in [1.82, 2.24) is 0 Å². The van der Waals surface area contributed by atoms with Crippen LogP contribution in [0.3, 0.4) is 0 Å². The molecule has 0 radical (unpaired) electrons. The van der Waals surface area contributed by atoms with Crippen LogP contribution in [0.4, 0.5) is 45.5 Å². The lowest BCUT2D eigenvalue weighted by atomic mass is 10.2. The number of amides is 1. The molecule has 172 valence electrons. The van der Waals surface area contributed by atoms with Crippen molar-refractivity contribution in [3.63, 3.8) is 0 Å². The first-order valence-corrected chi connectivity index (χ1v) is 10.7. The predicted octanol–water partition coefficient (Wildman–Crippen LogP) is 8.47. The lowest BCUT2D eigenvalue weighted by molar-refractivity contribution is -0.114. The predicted molar refractivity (Wildman–Crippen MR) is 137 cm³/mol. The molecule has 3 N–H and O–H groups in total. The minimum Gasteiger partial charge on any atom is -0.397 e. The maximum Gasteiger partial charge on any atom is 0.221 e. The van der Waals surface area contributed by atoms with Crippen LogP contribution in [0.5, 0.6) is 0 Å². The van der Waals surface area contributed by atoms with Crippen molar-refractivity contribution in [2.24, 2.45) is 30.7 Å². The van der Waals surface area contributed by atoms with Crippen LogP contribution in [0.25, 0.3) is 0 Å². The first-order valence-electron chi connectivity index (χ1n) is 10.7. The highest BCUT2D eigenvalue weighted by Crippen LogP contribution is 2.35. The van der Waals surface area contributed by atoms with Crippen molar-refractivity contribution in [1.29, 1.82) is 0 Å². The highest BCUT2D eigenvalue weighted by molar-refractivity contribution is 5.91. The molecule has 0 fully saturated rings. The normalized spacial score (nSPS) is 11.5. The van der Waals surface area contributed by atoms with Gasteiger partial charge in [-0.05, 0) is 48.5 Å². The summed E-state index contributed by atoms with van der Waals surface area (Å²) in [5, 5.41) is 28.6. The summed E-state index contributed by atoms with van der Waals surface area (Å²) in [7, 11) is 0. The molecule has 35 heavy (non-hydrogen) atoms. The van der Waals surface area contributed by atoms with Crippen molar-refractivity contribution < 1.29 is 4.79 Å². The van der Waals surface area contributed by atoms with Gasteiger partial charge in [-0.15, -0.1) is 30.7 Å². The lowest BCUT2D eigenvalue weighted by Crippen LogP contribution is -2.05. The van der Waals surface area contributed by atoms with E-state index < -0.39 is 0 Å². The Morgan fingerprint density at radius 1 is 0.543 bits per heavy atom. The van der Waals surface area contributed by atoms with E-state index in [0.717, 1.165) is 0 Å². The van der Waals surface area contributed by atoms with Crippen molar-refractivity contribution >= 4 is 51.4 Å². The summed E-state index contributed by atoms with van der Waals surface area (Å²) in [6.45, 7) is 1.44. The molecule has 0 aromatic heterocycles. The number of nitrogens with two attached hydrogens (primary N) is 1. The first kappa shape index (κ1) is 23.1. The second-order valence-electron chi connectivity index (χ2n) is 7.33. The van der Waals surface area contributed by atoms with Crippen molar-refractivity contribution in [3.05, 3.63) is 97.1 Å². The summed E-state index contributed by atoms with van der Waals surface area (Å²) in [5.41, 5.74) is 10.3. The van der Waals surface area contributed by atoms with Crippen LogP contribution in [0, 0.1) is 0 Å². The van der Waals surface area contributed by atoms with Gasteiger partial charge in [0, 0.05) is 6.92 Å². The van der Waals surface area contributed by atoms with Gasteiger partial charge in [-0.3, -0.25) is 4.79 Å². The molecule has 0 aliphatic rings. The number of para-hydroxylation sites is 2. The number of anilines is 2. The third kappa shape index (κ3) is 6.26. The Balaban J connectivity index is 1.59. The summed E-state index contributed by atoms with van der Waals surface area (Å²) in [6, 6.07) is 28.9. The zero-order valence-electron chi connectivity index (χ0n) is 18.9. The topological polar surface area (TPSA) is 129 Å². The number of carbonyl (C=O) groups is 1. The third-order valence-corrected chi connectivity index (χ3v) is 4.71. The van der Waals surface area contributed by atoms with Crippen LogP contribution in [0.1, 0.15) is 6.92 Å². The van der Waals surface area contributed by atoms with Gasteiger partial charge in [0.25, 0.3) is 0 Å². The Morgan fingerprint density at radius 2 is 0.886 bits per heavy atom. The fraction of sp³-hybridized carbons (Fsp3) is 0.0385. The van der Waals surface area contributed by atoms with Gasteiger partial charge in [0.2, 0.25) is 5.91 Å². The molecule has 0 heterocycles.